The number of hydrogen-bond acceptors (Lipinski definition) is 2. The number of aromatic nitrogens is 1. The number of H-pyrrole nitrogens is 1. The van der Waals surface area contributed by atoms with Gasteiger partial charge < -0.3 is 10.1 Å². The van der Waals surface area contributed by atoms with Crippen molar-refractivity contribution in [2.75, 3.05) is 0 Å². The number of aromatic carboxylic acids is 1. The number of aromatic amines is 1. The number of hydrogen-bond donors (Lipinski definition) is 3. The first-order valence-corrected chi connectivity index (χ1v) is 8.76. The highest BCUT2D eigenvalue weighted by Gasteiger charge is 2.20. The van der Waals surface area contributed by atoms with Crippen LogP contribution in [0.3, 0.4) is 0 Å². The van der Waals surface area contributed by atoms with Gasteiger partial charge in [-0.25, -0.2) is 14.1 Å². The van der Waals surface area contributed by atoms with E-state index < -0.39 is 17.0 Å². The zero-order valence-corrected chi connectivity index (χ0v) is 14.2. The maximum atomic E-state index is 11.7. The molecule has 2 aromatic carbocycles. The van der Waals surface area contributed by atoms with Crippen LogP contribution in [0, 0.1) is 0 Å². The van der Waals surface area contributed by atoms with Gasteiger partial charge in [0.2, 0.25) is 0 Å². The van der Waals surface area contributed by atoms with E-state index >= 15 is 0 Å². The maximum Gasteiger partial charge on any atom is 0.352 e. The highest BCUT2D eigenvalue weighted by Crippen LogP contribution is 2.36. The molecule has 4 N–H and O–H groups in total. The minimum Gasteiger partial charge on any atom is -0.477 e. The molecule has 1 aromatic heterocycles. The molecule has 5 nitrogen and oxygen atoms in total. The highest BCUT2D eigenvalue weighted by atomic mass is 32.2. The summed E-state index contributed by atoms with van der Waals surface area (Å²) in [6.45, 7) is 4.14. The van der Waals surface area contributed by atoms with Gasteiger partial charge in [0, 0.05) is 10.9 Å². The molecule has 0 fully saturated rings. The van der Waals surface area contributed by atoms with E-state index in [1.165, 1.54) is 0 Å². The lowest BCUT2D eigenvalue weighted by Crippen LogP contribution is -2.02. The predicted molar refractivity (Wildman–Crippen MR) is 95.4 cm³/mol. The number of carboxylic acid groups (broad SMARTS) is 1. The molecule has 1 atom stereocenters. The van der Waals surface area contributed by atoms with E-state index in [9.17, 15) is 14.1 Å². The van der Waals surface area contributed by atoms with Crippen molar-refractivity contribution in [1.29, 1.82) is 0 Å². The Labute approximate surface area is 142 Å². The fraction of sp³-hybridized carbons (Fsp3) is 0.167. The van der Waals surface area contributed by atoms with Crippen LogP contribution in [0.1, 0.15) is 35.8 Å². The Hall–Kier alpha value is -2.44. The summed E-state index contributed by atoms with van der Waals surface area (Å²) >= 11 is 0. The third kappa shape index (κ3) is 2.74. The lowest BCUT2D eigenvalue weighted by molar-refractivity contribution is 0.0692. The van der Waals surface area contributed by atoms with Crippen LogP contribution in [0.5, 0.6) is 0 Å². The van der Waals surface area contributed by atoms with Crippen LogP contribution in [-0.2, 0) is 11.0 Å². The highest BCUT2D eigenvalue weighted by molar-refractivity contribution is 7.82. The van der Waals surface area contributed by atoms with Gasteiger partial charge in [-0.3, -0.25) is 0 Å². The quantitative estimate of drug-likeness (QED) is 0.675. The standard InChI is InChI=1S/C18H18N2O3S/c1-10(2)13-4-3-5-14-15(17(18(21)22)20-16(13)14)11-6-8-12(9-7-11)24(19)23/h3-10,20H,19H2,1-2H3,(H,21,22). The molecule has 0 radical (unpaired) electrons. The second kappa shape index (κ2) is 6.22. The van der Waals surface area contributed by atoms with Crippen molar-refractivity contribution in [1.82, 2.24) is 4.98 Å². The van der Waals surface area contributed by atoms with Gasteiger partial charge in [-0.1, -0.05) is 44.2 Å². The van der Waals surface area contributed by atoms with Crippen molar-refractivity contribution in [3.05, 3.63) is 53.7 Å². The Kier molecular flexibility index (Phi) is 4.26. The van der Waals surface area contributed by atoms with Crippen molar-refractivity contribution < 1.29 is 14.1 Å². The van der Waals surface area contributed by atoms with Crippen LogP contribution in [-0.4, -0.2) is 20.3 Å². The Morgan fingerprint density at radius 1 is 1.17 bits per heavy atom. The minimum atomic E-state index is -1.56. The van der Waals surface area contributed by atoms with Crippen LogP contribution >= 0.6 is 0 Å². The zero-order chi connectivity index (χ0) is 17.4. The molecule has 0 saturated heterocycles. The molecule has 0 aliphatic rings. The fourth-order valence-corrected chi connectivity index (χ4v) is 3.34. The first kappa shape index (κ1) is 16.4. The Balaban J connectivity index is 2.29. The molecule has 0 aliphatic heterocycles. The van der Waals surface area contributed by atoms with E-state index in [1.807, 2.05) is 18.2 Å². The molecule has 0 amide bonds. The largest absolute Gasteiger partial charge is 0.477 e. The van der Waals surface area contributed by atoms with Crippen molar-refractivity contribution in [3.63, 3.8) is 0 Å². The Morgan fingerprint density at radius 3 is 2.38 bits per heavy atom. The van der Waals surface area contributed by atoms with E-state index in [0.717, 1.165) is 22.0 Å². The average Bonchev–Trinajstić information content (AvgIpc) is 2.94. The van der Waals surface area contributed by atoms with Gasteiger partial charge >= 0.3 is 5.97 Å². The van der Waals surface area contributed by atoms with Crippen LogP contribution in [0.25, 0.3) is 22.0 Å². The third-order valence-electron chi connectivity index (χ3n) is 4.08. The van der Waals surface area contributed by atoms with E-state index in [0.29, 0.717) is 10.5 Å². The summed E-state index contributed by atoms with van der Waals surface area (Å²) in [5.74, 6) is -0.744. The second-order valence-electron chi connectivity index (χ2n) is 5.93. The van der Waals surface area contributed by atoms with Gasteiger partial charge in [0.25, 0.3) is 0 Å². The lowest BCUT2D eigenvalue weighted by Gasteiger charge is -2.07. The predicted octanol–water partition coefficient (Wildman–Crippen LogP) is 3.64. The Bertz CT molecular complexity index is 943. The number of benzene rings is 2. The van der Waals surface area contributed by atoms with Crippen molar-refractivity contribution in [3.8, 4) is 11.1 Å². The van der Waals surface area contributed by atoms with E-state index in [-0.39, 0.29) is 11.6 Å². The summed E-state index contributed by atoms with van der Waals surface area (Å²) in [4.78, 5) is 15.3. The smallest absolute Gasteiger partial charge is 0.352 e. The van der Waals surface area contributed by atoms with Crippen molar-refractivity contribution in [2.24, 2.45) is 5.14 Å². The number of rotatable bonds is 4. The molecular weight excluding hydrogens is 324 g/mol. The average molecular weight is 342 g/mol. The molecule has 1 heterocycles. The molecule has 6 heteroatoms. The molecule has 124 valence electrons. The molecule has 0 spiro atoms. The molecule has 1 unspecified atom stereocenters. The van der Waals surface area contributed by atoms with Gasteiger partial charge in [-0.05, 0) is 29.2 Å². The summed E-state index contributed by atoms with van der Waals surface area (Å²) in [5.41, 5.74) is 3.44. The number of nitrogens with one attached hydrogen (secondary N) is 1. The van der Waals surface area contributed by atoms with Crippen LogP contribution in [0.15, 0.2) is 47.4 Å². The van der Waals surface area contributed by atoms with E-state index in [4.69, 9.17) is 5.14 Å². The molecule has 0 aliphatic carbocycles. The summed E-state index contributed by atoms with van der Waals surface area (Å²) in [7, 11) is -1.56. The summed E-state index contributed by atoms with van der Waals surface area (Å²) in [5, 5.41) is 15.8. The fourth-order valence-electron chi connectivity index (χ4n) is 2.94. The maximum absolute atomic E-state index is 11.7. The monoisotopic (exact) mass is 342 g/mol. The van der Waals surface area contributed by atoms with Crippen LogP contribution < -0.4 is 5.14 Å². The summed E-state index contributed by atoms with van der Waals surface area (Å²) in [6, 6.07) is 12.6. The van der Waals surface area contributed by atoms with Gasteiger partial charge in [0.15, 0.2) is 0 Å². The molecule has 3 aromatic rings. The normalized spacial score (nSPS) is 12.7. The SMILES string of the molecule is CC(C)c1cccc2c(-c3ccc(S(N)=O)cc3)c(C(=O)O)[nH]c12. The number of nitrogens with two attached hydrogens (primary N) is 1. The van der Waals surface area contributed by atoms with Gasteiger partial charge in [0.05, 0.1) is 10.4 Å². The third-order valence-corrected chi connectivity index (χ3v) is 4.81. The number of para-hydroxylation sites is 1. The summed E-state index contributed by atoms with van der Waals surface area (Å²) < 4.78 is 11.3. The van der Waals surface area contributed by atoms with Gasteiger partial charge in [-0.2, -0.15) is 0 Å². The molecule has 0 bridgehead atoms. The Morgan fingerprint density at radius 2 is 1.83 bits per heavy atom. The number of fused-ring (bicyclic) bond motifs is 1. The minimum absolute atomic E-state index is 0.153. The first-order chi connectivity index (χ1) is 11.4. The van der Waals surface area contributed by atoms with Crippen molar-refractivity contribution in [2.45, 2.75) is 24.7 Å². The topological polar surface area (TPSA) is 96.2 Å². The number of carboxylic acids is 1. The molecule has 3 rings (SSSR count). The molecule has 24 heavy (non-hydrogen) atoms. The summed E-state index contributed by atoms with van der Waals surface area (Å²) in [6.07, 6.45) is 0. The van der Waals surface area contributed by atoms with Gasteiger partial charge in [0.1, 0.15) is 16.7 Å². The van der Waals surface area contributed by atoms with Crippen LogP contribution in [0.2, 0.25) is 0 Å². The first-order valence-electron chi connectivity index (χ1n) is 7.54. The van der Waals surface area contributed by atoms with E-state index in [1.54, 1.807) is 24.3 Å². The molecule has 0 saturated carbocycles. The van der Waals surface area contributed by atoms with Crippen molar-refractivity contribution >= 4 is 27.9 Å². The molecular formula is C18H18N2O3S. The van der Waals surface area contributed by atoms with Gasteiger partial charge in [-0.15, -0.1) is 0 Å². The second-order valence-corrected chi connectivity index (χ2v) is 6.99. The van der Waals surface area contributed by atoms with Crippen LogP contribution in [0.4, 0.5) is 0 Å². The zero-order valence-electron chi connectivity index (χ0n) is 13.4. The van der Waals surface area contributed by atoms with E-state index in [2.05, 4.69) is 18.8 Å². The lowest BCUT2D eigenvalue weighted by atomic mass is 9.97. The number of carbonyl (C=O) groups is 1.